The van der Waals surface area contributed by atoms with Crippen LogP contribution in [0.2, 0.25) is 0 Å². The van der Waals surface area contributed by atoms with E-state index in [4.69, 9.17) is 0 Å². The molecule has 0 spiro atoms. The minimum absolute atomic E-state index is 0. The van der Waals surface area contributed by atoms with Crippen LogP contribution in [0.4, 0.5) is 0 Å². The summed E-state index contributed by atoms with van der Waals surface area (Å²) in [5.74, 6) is -10.5. The van der Waals surface area contributed by atoms with E-state index in [0.29, 0.717) is 6.42 Å². The number of hydrogen-bond acceptors (Lipinski definition) is 12. The zero-order valence-electron chi connectivity index (χ0n) is 57.3. The molecule has 23 nitrogen and oxygen atoms in total. The van der Waals surface area contributed by atoms with E-state index in [0.717, 1.165) is 14.7 Å². The fraction of sp³-hybridized carbons (Fsp3) is 0.762. The Morgan fingerprint density at radius 2 is 0.862 bits per heavy atom. The first-order valence-electron chi connectivity index (χ1n) is 30.4. The van der Waals surface area contributed by atoms with Crippen molar-refractivity contribution in [3.05, 3.63) is 26.5 Å². The minimum Gasteiger partial charge on any atom is -0.390 e. The van der Waals surface area contributed by atoms with Gasteiger partial charge >= 0.3 is 21.1 Å². The Kier molecular flexibility index (Phi) is 36.1. The van der Waals surface area contributed by atoms with E-state index in [1.54, 1.807) is 74.5 Å². The van der Waals surface area contributed by atoms with Gasteiger partial charge in [0.1, 0.15) is 60.4 Å². The van der Waals surface area contributed by atoms with E-state index >= 15 is 9.59 Å². The number of nitrogens with one attached hydrogen (secondary N) is 4. The summed E-state index contributed by atoms with van der Waals surface area (Å²) in [4.78, 5) is 169. The molecule has 24 heteroatoms. The number of allylic oxidation sites excluding steroid dienone is 2. The molecule has 498 valence electrons. The van der Waals surface area contributed by atoms with Crippen LogP contribution in [0, 0.1) is 55.8 Å². The van der Waals surface area contributed by atoms with Crippen LogP contribution >= 0.6 is 0 Å². The standard InChI is InChI=1S/C62H110N11O12.CH3.W/c1-26-28-29-39(15)51(74)50-55(78)65-43(27-2)58(81)67(19)42(18)57(80)71(23)48(37(11)12)54(77)66-47(36(9)10)61(84)68(20)44(30-33(3)4)53(76)63-40(16)52(75)64-41(17)56(79)69(21)45(31-34(5)6)59(82)70(22)46(32-35(7)8)60(83)72(24)49(38(13)14)62(85)73(50)25;;/h26,28,33-51,74H,18,27,29-32H2,1-17,19-25H3,(H,63,76)(H,64,75)(H,65,78)(H,66,77);1H3;/q2*-1;+2/b28-26+;;/t39-,40+,41-,42-,43+,44+,45+,46+,47+,48+,49+,50+,51-;;/m1../s1. The summed E-state index contributed by atoms with van der Waals surface area (Å²) in [6.07, 6.45) is 2.79. The van der Waals surface area contributed by atoms with Gasteiger partial charge in [-0.15, -0.1) is 0 Å². The summed E-state index contributed by atoms with van der Waals surface area (Å²) in [6, 6.07) is -14.0. The number of carbonyl (C=O) groups excluding carboxylic acids is 11. The molecule has 0 saturated carbocycles. The molecule has 0 aromatic rings. The normalized spacial score (nSPS) is 27.1. The molecule has 1 saturated heterocycles. The van der Waals surface area contributed by atoms with Crippen molar-refractivity contribution in [1.29, 1.82) is 0 Å². The van der Waals surface area contributed by atoms with Crippen molar-refractivity contribution in [2.45, 2.75) is 222 Å². The summed E-state index contributed by atoms with van der Waals surface area (Å²) < 4.78 is 0. The number of aliphatic hydroxyl groups is 1. The second kappa shape index (κ2) is 37.5. The predicted octanol–water partition coefficient (Wildman–Crippen LogP) is 3.53. The van der Waals surface area contributed by atoms with Crippen LogP contribution in [-0.2, 0) is 73.8 Å². The Morgan fingerprint density at radius 1 is 0.460 bits per heavy atom. The van der Waals surface area contributed by atoms with Crippen LogP contribution in [0.1, 0.15) is 150 Å². The Morgan fingerprint density at radius 3 is 1.30 bits per heavy atom. The summed E-state index contributed by atoms with van der Waals surface area (Å²) >= 11 is 0. The van der Waals surface area contributed by atoms with Crippen molar-refractivity contribution in [2.75, 3.05) is 49.3 Å². The van der Waals surface area contributed by atoms with Gasteiger partial charge in [-0.05, 0) is 100 Å². The molecule has 0 unspecified atom stereocenters. The van der Waals surface area contributed by atoms with Crippen LogP contribution in [0.3, 0.4) is 0 Å². The van der Waals surface area contributed by atoms with Crippen molar-refractivity contribution in [2.24, 2.45) is 41.4 Å². The molecule has 1 heterocycles. The van der Waals surface area contributed by atoms with E-state index in [9.17, 15) is 48.3 Å². The van der Waals surface area contributed by atoms with Crippen LogP contribution in [0.15, 0.2) is 12.2 Å². The van der Waals surface area contributed by atoms with Crippen molar-refractivity contribution in [1.82, 2.24) is 55.6 Å². The van der Waals surface area contributed by atoms with Gasteiger partial charge in [0, 0.05) is 49.3 Å². The maximum atomic E-state index is 15.1. The molecule has 1 rings (SSSR count). The van der Waals surface area contributed by atoms with Gasteiger partial charge < -0.3 is 75.0 Å². The first-order valence-corrected chi connectivity index (χ1v) is 30.4. The molecule has 0 aromatic heterocycles. The van der Waals surface area contributed by atoms with Gasteiger partial charge in [-0.2, -0.15) is 0 Å². The van der Waals surface area contributed by atoms with E-state index in [1.165, 1.54) is 82.8 Å². The monoisotopic (exact) mass is 1400 g/mol. The van der Waals surface area contributed by atoms with Crippen molar-refractivity contribution in [3.8, 4) is 0 Å². The largest absolute Gasteiger partial charge is 2.00 e. The van der Waals surface area contributed by atoms with Crippen LogP contribution in [0.25, 0.3) is 0 Å². The van der Waals surface area contributed by atoms with E-state index in [2.05, 4.69) is 28.2 Å². The predicted molar refractivity (Wildman–Crippen MR) is 335 cm³/mol. The maximum absolute atomic E-state index is 15.1. The van der Waals surface area contributed by atoms with Crippen molar-refractivity contribution in [3.63, 3.8) is 0 Å². The van der Waals surface area contributed by atoms with Crippen LogP contribution in [-0.4, -0.2) is 226 Å². The summed E-state index contributed by atoms with van der Waals surface area (Å²) in [7, 11) is 9.78. The first kappa shape index (κ1) is 83.6. The Labute approximate surface area is 536 Å². The molecule has 1 fully saturated rings. The molecular weight excluding hydrogens is 1290 g/mol. The molecule has 13 atom stereocenters. The fourth-order valence-corrected chi connectivity index (χ4v) is 10.8. The van der Waals surface area contributed by atoms with E-state index < -0.39 is 161 Å². The molecule has 0 bridgehead atoms. The zero-order chi connectivity index (χ0) is 66.1. The SMILES string of the molecule is [CH2-][C@@H]1C(=O)N(C)[C@@H](C(C)C)C(=O)N[C@@H](C(C)C)C(=O)N(C)[C@@H](CC(C)C)C(=O)N[C@@H](C)C(=O)N[C@H](C)C(=O)N(C)[C@@H](CC(C)C)C(=O)N(C)[C@@H](CC(C)C)C(=O)N(C)[C@@H](C(C)C)C(=O)N(C)[C@@H]([C@H](O)[C@H](C)C/C=C/C)C(=O)N[C@@H](CC)C(=O)N1C.[CH3-].[W+2]. The Hall–Kier alpha value is -5.44. The number of amides is 11. The molecule has 1 aliphatic heterocycles. The van der Waals surface area contributed by atoms with E-state index in [1.807, 2.05) is 41.5 Å². The topological polar surface area (TPSA) is 279 Å². The minimum atomic E-state index is -1.63. The summed E-state index contributed by atoms with van der Waals surface area (Å²) in [5.41, 5.74) is 0. The molecule has 0 aliphatic carbocycles. The molecule has 0 aromatic carbocycles. The molecule has 87 heavy (non-hydrogen) atoms. The van der Waals surface area contributed by atoms with Crippen molar-refractivity contribution < 1.29 is 78.9 Å². The van der Waals surface area contributed by atoms with Crippen LogP contribution in [0.5, 0.6) is 0 Å². The summed E-state index contributed by atoms with van der Waals surface area (Å²) in [6.45, 7) is 33.4. The van der Waals surface area contributed by atoms with E-state index in [-0.39, 0.29) is 71.9 Å². The number of rotatable bonds is 14. The van der Waals surface area contributed by atoms with Gasteiger partial charge in [0.2, 0.25) is 65.0 Å². The number of carbonyl (C=O) groups is 11. The van der Waals surface area contributed by atoms with Gasteiger partial charge in [0.15, 0.2) is 0 Å². The summed E-state index contributed by atoms with van der Waals surface area (Å²) in [5, 5.41) is 23.0. The number of likely N-dealkylation sites (N-methyl/N-ethyl adjacent to an activating group) is 7. The number of nitrogens with zero attached hydrogens (tertiary/aromatic N) is 7. The first-order chi connectivity index (χ1) is 39.2. The van der Waals surface area contributed by atoms with Crippen molar-refractivity contribution >= 4 is 65.0 Å². The molecule has 1 aliphatic rings. The molecule has 0 radical (unpaired) electrons. The Balaban J connectivity index is 0. The maximum Gasteiger partial charge on any atom is 2.00 e. The quantitative estimate of drug-likeness (QED) is 0.123. The second-order valence-electron chi connectivity index (χ2n) is 25.9. The zero-order valence-corrected chi connectivity index (χ0v) is 60.3. The second-order valence-corrected chi connectivity index (χ2v) is 25.9. The fourth-order valence-electron chi connectivity index (χ4n) is 10.8. The van der Waals surface area contributed by atoms with Gasteiger partial charge in [-0.1, -0.05) is 109 Å². The third-order valence-corrected chi connectivity index (χ3v) is 16.2. The number of hydrogen-bond donors (Lipinski definition) is 5. The van der Waals surface area contributed by atoms with Gasteiger partial charge in [-0.25, -0.2) is 0 Å². The molecule has 11 amide bonds. The Bertz CT molecular complexity index is 2350. The van der Waals surface area contributed by atoms with Gasteiger partial charge in [-0.3, -0.25) is 52.7 Å². The average Bonchev–Trinajstić information content (AvgIpc) is 2.09. The number of aliphatic hydroxyl groups excluding tert-OH is 1. The smallest absolute Gasteiger partial charge is 0.390 e. The third kappa shape index (κ3) is 22.5. The van der Waals surface area contributed by atoms with Crippen LogP contribution < -0.4 is 21.3 Å². The van der Waals surface area contributed by atoms with Gasteiger partial charge in [0.25, 0.3) is 0 Å². The third-order valence-electron chi connectivity index (χ3n) is 16.2. The van der Waals surface area contributed by atoms with Gasteiger partial charge in [0.05, 0.1) is 6.10 Å². The average molecular weight is 1400 g/mol. The molecular formula is C63H113N11O12W. The molecule has 5 N–H and O–H groups in total.